The van der Waals surface area contributed by atoms with Crippen LogP contribution in [0.2, 0.25) is 0 Å². The van der Waals surface area contributed by atoms with Crippen LogP contribution in [0.25, 0.3) is 0 Å². The van der Waals surface area contributed by atoms with Gasteiger partial charge in [-0.05, 0) is 5.16 Å². The van der Waals surface area contributed by atoms with Crippen molar-refractivity contribution in [1.82, 2.24) is 9.19 Å². The maximum absolute atomic E-state index is 10.9. The highest BCUT2D eigenvalue weighted by Crippen LogP contribution is 2.06. The summed E-state index contributed by atoms with van der Waals surface area (Å²) in [6.07, 6.45) is 2.47. The van der Waals surface area contributed by atoms with E-state index in [-0.39, 0.29) is 5.90 Å². The van der Waals surface area contributed by atoms with E-state index in [0.717, 1.165) is 0 Å². The van der Waals surface area contributed by atoms with Crippen LogP contribution < -0.4 is 5.14 Å². The van der Waals surface area contributed by atoms with Gasteiger partial charge in [-0.15, -0.1) is 0 Å². The predicted octanol–water partition coefficient (Wildman–Crippen LogP) is -1.36. The first-order valence-corrected chi connectivity index (χ1v) is 5.49. The summed E-state index contributed by atoms with van der Waals surface area (Å²) in [5.74, 6) is 0.191. The minimum absolute atomic E-state index is 0.191. The SMILES string of the molecule is NS(=O)(=O)n1cc(C2=NOCCO2)cn1. The molecule has 0 unspecified atom stereocenters. The zero-order chi connectivity index (χ0) is 10.9. The van der Waals surface area contributed by atoms with Gasteiger partial charge >= 0.3 is 10.2 Å². The lowest BCUT2D eigenvalue weighted by atomic mass is 10.4. The predicted molar refractivity (Wildman–Crippen MR) is 49.2 cm³/mol. The van der Waals surface area contributed by atoms with E-state index in [4.69, 9.17) is 14.7 Å². The molecule has 9 heteroatoms. The third kappa shape index (κ3) is 2.07. The number of aromatic nitrogens is 2. The topological polar surface area (TPSA) is 109 Å². The van der Waals surface area contributed by atoms with Gasteiger partial charge in [0, 0.05) is 0 Å². The van der Waals surface area contributed by atoms with Gasteiger partial charge in [0.1, 0.15) is 6.61 Å². The summed E-state index contributed by atoms with van der Waals surface area (Å²) in [6.45, 7) is 0.728. The Hall–Kier alpha value is -1.61. The van der Waals surface area contributed by atoms with Gasteiger partial charge in [0.05, 0.1) is 18.0 Å². The molecule has 0 spiro atoms. The zero-order valence-electron chi connectivity index (χ0n) is 7.53. The molecule has 0 atom stereocenters. The minimum Gasteiger partial charge on any atom is -0.471 e. The van der Waals surface area contributed by atoms with E-state index < -0.39 is 10.2 Å². The van der Waals surface area contributed by atoms with Gasteiger partial charge in [-0.1, -0.05) is 0 Å². The summed E-state index contributed by atoms with van der Waals surface area (Å²) in [5, 5.41) is 12.0. The van der Waals surface area contributed by atoms with E-state index >= 15 is 0 Å². The average Bonchev–Trinajstić information content (AvgIpc) is 2.67. The van der Waals surface area contributed by atoms with Crippen molar-refractivity contribution >= 4 is 16.1 Å². The molecule has 2 N–H and O–H groups in total. The lowest BCUT2D eigenvalue weighted by Gasteiger charge is -2.11. The van der Waals surface area contributed by atoms with Crippen LogP contribution in [0.4, 0.5) is 0 Å². The molecule has 1 aromatic rings. The third-order valence-electron chi connectivity index (χ3n) is 1.63. The van der Waals surface area contributed by atoms with Gasteiger partial charge in [-0.25, -0.2) is 5.14 Å². The van der Waals surface area contributed by atoms with Crippen LogP contribution in [0.3, 0.4) is 0 Å². The molecule has 0 radical (unpaired) electrons. The van der Waals surface area contributed by atoms with E-state index in [9.17, 15) is 8.42 Å². The standard InChI is InChI=1S/C6H8N4O4S/c7-15(11,12)10-4-5(3-8-10)6-9-14-2-1-13-6/h3-4H,1-2H2,(H2,7,11,12). The Bertz CT molecular complexity index is 491. The number of nitrogens with two attached hydrogens (primary N) is 1. The number of nitrogens with zero attached hydrogens (tertiary/aromatic N) is 3. The second-order valence-electron chi connectivity index (χ2n) is 2.72. The Morgan fingerprint density at radius 2 is 2.27 bits per heavy atom. The molecule has 0 amide bonds. The fourth-order valence-electron chi connectivity index (χ4n) is 0.997. The van der Waals surface area contributed by atoms with Crippen molar-refractivity contribution < 1.29 is 18.0 Å². The molecule has 0 aliphatic carbocycles. The second-order valence-corrected chi connectivity index (χ2v) is 4.13. The van der Waals surface area contributed by atoms with E-state index in [1.54, 1.807) is 0 Å². The van der Waals surface area contributed by atoms with Gasteiger partial charge in [-0.2, -0.15) is 17.6 Å². The van der Waals surface area contributed by atoms with Gasteiger partial charge in [0.2, 0.25) is 0 Å². The summed E-state index contributed by atoms with van der Waals surface area (Å²) in [6, 6.07) is 0. The molecule has 2 rings (SSSR count). The molecular weight excluding hydrogens is 224 g/mol. The lowest BCUT2D eigenvalue weighted by Crippen LogP contribution is -2.22. The Labute approximate surface area is 85.4 Å². The first kappa shape index (κ1) is 9.93. The number of ether oxygens (including phenoxy) is 1. The number of rotatable bonds is 2. The molecule has 0 saturated carbocycles. The van der Waals surface area contributed by atoms with Crippen molar-refractivity contribution in [3.63, 3.8) is 0 Å². The second kappa shape index (κ2) is 3.51. The van der Waals surface area contributed by atoms with Crippen LogP contribution in [-0.4, -0.2) is 36.7 Å². The summed E-state index contributed by atoms with van der Waals surface area (Å²) in [5.41, 5.74) is 0.392. The van der Waals surface area contributed by atoms with E-state index in [1.807, 2.05) is 0 Å². The largest absolute Gasteiger partial charge is 0.471 e. The normalized spacial score (nSPS) is 16.5. The Kier molecular flexibility index (Phi) is 2.32. The molecule has 0 saturated heterocycles. The summed E-state index contributed by atoms with van der Waals surface area (Å²) in [7, 11) is -3.87. The Morgan fingerprint density at radius 1 is 1.47 bits per heavy atom. The van der Waals surface area contributed by atoms with Crippen molar-refractivity contribution in [2.75, 3.05) is 13.2 Å². The van der Waals surface area contributed by atoms with Crippen LogP contribution in [0.5, 0.6) is 0 Å². The fraction of sp³-hybridized carbons (Fsp3) is 0.333. The number of oxime groups is 1. The van der Waals surface area contributed by atoms with Gasteiger partial charge in [0.15, 0.2) is 6.61 Å². The Balaban J connectivity index is 2.31. The monoisotopic (exact) mass is 232 g/mol. The first-order valence-electron chi connectivity index (χ1n) is 3.98. The summed E-state index contributed by atoms with van der Waals surface area (Å²) >= 11 is 0. The first-order chi connectivity index (χ1) is 7.07. The van der Waals surface area contributed by atoms with Crippen LogP contribution in [0.15, 0.2) is 17.5 Å². The van der Waals surface area contributed by atoms with Gasteiger partial charge in [0.25, 0.3) is 5.90 Å². The van der Waals surface area contributed by atoms with E-state index in [2.05, 4.69) is 10.3 Å². The van der Waals surface area contributed by atoms with Gasteiger partial charge < -0.3 is 9.57 Å². The highest BCUT2D eigenvalue weighted by molar-refractivity contribution is 7.87. The van der Waals surface area contributed by atoms with Crippen molar-refractivity contribution in [2.45, 2.75) is 0 Å². The molecule has 1 aromatic heterocycles. The molecule has 15 heavy (non-hydrogen) atoms. The average molecular weight is 232 g/mol. The van der Waals surface area contributed by atoms with Crippen molar-refractivity contribution in [3.05, 3.63) is 18.0 Å². The van der Waals surface area contributed by atoms with Crippen molar-refractivity contribution in [2.24, 2.45) is 10.3 Å². The Morgan fingerprint density at radius 3 is 2.80 bits per heavy atom. The molecule has 1 aliphatic heterocycles. The maximum Gasteiger partial charge on any atom is 0.317 e. The van der Waals surface area contributed by atoms with Crippen LogP contribution in [-0.2, 0) is 19.8 Å². The third-order valence-corrected chi connectivity index (χ3v) is 2.35. The van der Waals surface area contributed by atoms with Crippen molar-refractivity contribution in [3.8, 4) is 0 Å². The molecular formula is C6H8N4O4S. The van der Waals surface area contributed by atoms with E-state index in [1.165, 1.54) is 12.4 Å². The minimum atomic E-state index is -3.87. The molecule has 8 nitrogen and oxygen atoms in total. The molecule has 0 bridgehead atoms. The molecule has 2 heterocycles. The molecule has 0 fully saturated rings. The highest BCUT2D eigenvalue weighted by Gasteiger charge is 2.15. The lowest BCUT2D eigenvalue weighted by molar-refractivity contribution is 0.0655. The highest BCUT2D eigenvalue weighted by atomic mass is 32.2. The number of hydrogen-bond acceptors (Lipinski definition) is 6. The smallest absolute Gasteiger partial charge is 0.317 e. The maximum atomic E-state index is 10.9. The quantitative estimate of drug-likeness (QED) is 0.677. The van der Waals surface area contributed by atoms with Crippen LogP contribution in [0, 0.1) is 0 Å². The van der Waals surface area contributed by atoms with E-state index in [0.29, 0.717) is 22.9 Å². The molecule has 1 aliphatic rings. The van der Waals surface area contributed by atoms with Crippen LogP contribution in [0.1, 0.15) is 5.56 Å². The van der Waals surface area contributed by atoms with Crippen molar-refractivity contribution in [1.29, 1.82) is 0 Å². The molecule has 0 aromatic carbocycles. The number of hydrogen-bond donors (Lipinski definition) is 1. The molecule has 82 valence electrons. The summed E-state index contributed by atoms with van der Waals surface area (Å²) in [4.78, 5) is 4.78. The van der Waals surface area contributed by atoms with Crippen LogP contribution >= 0.6 is 0 Å². The van der Waals surface area contributed by atoms with Gasteiger partial charge in [-0.3, -0.25) is 0 Å². The summed E-state index contributed by atoms with van der Waals surface area (Å²) < 4.78 is 27.5. The fourth-order valence-corrected chi connectivity index (χ4v) is 1.44. The zero-order valence-corrected chi connectivity index (χ0v) is 8.35.